The van der Waals surface area contributed by atoms with Crippen molar-refractivity contribution in [2.45, 2.75) is 18.9 Å². The third-order valence-electron chi connectivity index (χ3n) is 4.77. The van der Waals surface area contributed by atoms with Gasteiger partial charge in [0.05, 0.1) is 11.8 Å². The summed E-state index contributed by atoms with van der Waals surface area (Å²) >= 11 is 1.36. The molecule has 1 aliphatic rings. The molecule has 1 saturated heterocycles. The Balaban J connectivity index is 1.33. The van der Waals surface area contributed by atoms with Crippen LogP contribution in [-0.4, -0.2) is 50.7 Å². The normalized spacial score (nSPS) is 14.8. The molecule has 3 aromatic rings. The van der Waals surface area contributed by atoms with E-state index in [1.165, 1.54) is 23.5 Å². The Morgan fingerprint density at radius 2 is 2.00 bits per heavy atom. The highest BCUT2D eigenvalue weighted by atomic mass is 32.1. The van der Waals surface area contributed by atoms with Crippen LogP contribution in [0, 0.1) is 5.82 Å². The molecule has 0 radical (unpaired) electrons. The van der Waals surface area contributed by atoms with Crippen LogP contribution < -0.4 is 0 Å². The molecule has 1 amide bonds. The molecule has 9 heteroatoms. The Kier molecular flexibility index (Phi) is 5.39. The predicted octanol–water partition coefficient (Wildman–Crippen LogP) is 3.14. The van der Waals surface area contributed by atoms with Crippen molar-refractivity contribution in [3.8, 4) is 10.6 Å². The van der Waals surface area contributed by atoms with Crippen LogP contribution in [0.1, 0.15) is 33.7 Å². The first-order chi connectivity index (χ1) is 14.0. The Bertz CT molecular complexity index is 1040. The quantitative estimate of drug-likeness (QED) is 0.613. The maximum atomic E-state index is 13.8. The second-order valence-electron chi connectivity index (χ2n) is 6.82. The van der Waals surface area contributed by atoms with E-state index >= 15 is 0 Å². The minimum Gasteiger partial charge on any atom is -0.457 e. The number of aryl methyl sites for hydroxylation is 1. The number of piperidine rings is 1. The van der Waals surface area contributed by atoms with E-state index in [0.29, 0.717) is 30.9 Å². The minimum absolute atomic E-state index is 0.0633. The van der Waals surface area contributed by atoms with Gasteiger partial charge in [0.2, 0.25) is 0 Å². The molecular weight excluding hydrogens is 395 g/mol. The lowest BCUT2D eigenvalue weighted by Crippen LogP contribution is -2.41. The lowest BCUT2D eigenvalue weighted by atomic mass is 10.1. The number of hydrogen-bond donors (Lipinski definition) is 0. The Labute approximate surface area is 170 Å². The summed E-state index contributed by atoms with van der Waals surface area (Å²) in [6, 6.07) is 5.94. The van der Waals surface area contributed by atoms with E-state index < -0.39 is 11.8 Å². The highest BCUT2D eigenvalue weighted by Crippen LogP contribution is 2.24. The molecule has 0 aliphatic carbocycles. The predicted molar refractivity (Wildman–Crippen MR) is 105 cm³/mol. The van der Waals surface area contributed by atoms with Gasteiger partial charge in [-0.2, -0.15) is 5.10 Å². The monoisotopic (exact) mass is 414 g/mol. The van der Waals surface area contributed by atoms with E-state index in [0.717, 1.165) is 5.56 Å². The number of amides is 1. The highest BCUT2D eigenvalue weighted by molar-refractivity contribution is 7.13. The number of nitrogens with zero attached hydrogens (tertiary/aromatic N) is 4. The van der Waals surface area contributed by atoms with Crippen LogP contribution in [0.3, 0.4) is 0 Å². The number of carbonyl (C=O) groups is 2. The van der Waals surface area contributed by atoms with Gasteiger partial charge in [-0.05, 0) is 12.1 Å². The zero-order valence-electron chi connectivity index (χ0n) is 15.7. The standard InChI is InChI=1S/C20H19FN4O3S/c1-24-11-13(10-22-24)18-23-17(12-29-18)20(27)28-14-6-8-25(9-7-14)19(26)15-4-2-3-5-16(15)21/h2-5,10-12,14H,6-9H2,1H3. The van der Waals surface area contributed by atoms with Gasteiger partial charge in [0, 0.05) is 50.1 Å². The average molecular weight is 414 g/mol. The molecule has 0 atom stereocenters. The zero-order valence-corrected chi connectivity index (χ0v) is 16.6. The minimum atomic E-state index is -0.529. The van der Waals surface area contributed by atoms with Crippen molar-refractivity contribution in [3.63, 3.8) is 0 Å². The van der Waals surface area contributed by atoms with Crippen LogP contribution in [0.25, 0.3) is 10.6 Å². The molecule has 1 aliphatic heterocycles. The van der Waals surface area contributed by atoms with Crippen molar-refractivity contribution in [1.29, 1.82) is 0 Å². The van der Waals surface area contributed by atoms with E-state index in [-0.39, 0.29) is 23.3 Å². The number of hydrogen-bond acceptors (Lipinski definition) is 6. The van der Waals surface area contributed by atoms with Gasteiger partial charge in [0.25, 0.3) is 5.91 Å². The maximum Gasteiger partial charge on any atom is 0.358 e. The Morgan fingerprint density at radius 1 is 1.24 bits per heavy atom. The Hall–Kier alpha value is -3.07. The van der Waals surface area contributed by atoms with Crippen molar-refractivity contribution in [3.05, 3.63) is 59.1 Å². The van der Waals surface area contributed by atoms with Crippen molar-refractivity contribution >= 4 is 23.2 Å². The Morgan fingerprint density at radius 3 is 2.69 bits per heavy atom. The lowest BCUT2D eigenvalue weighted by molar-refractivity contribution is 0.0115. The smallest absolute Gasteiger partial charge is 0.358 e. The van der Waals surface area contributed by atoms with Gasteiger partial charge in [-0.1, -0.05) is 12.1 Å². The van der Waals surface area contributed by atoms with Crippen molar-refractivity contribution in [2.75, 3.05) is 13.1 Å². The first kappa shape index (κ1) is 19.3. The molecule has 29 heavy (non-hydrogen) atoms. The van der Waals surface area contributed by atoms with Crippen molar-refractivity contribution in [2.24, 2.45) is 7.05 Å². The van der Waals surface area contributed by atoms with E-state index in [1.807, 2.05) is 13.2 Å². The number of carbonyl (C=O) groups excluding carboxylic acids is 2. The molecule has 1 fully saturated rings. The summed E-state index contributed by atoms with van der Waals surface area (Å²) in [7, 11) is 1.82. The first-order valence-electron chi connectivity index (χ1n) is 9.20. The number of esters is 1. The van der Waals surface area contributed by atoms with Crippen LogP contribution >= 0.6 is 11.3 Å². The summed E-state index contributed by atoms with van der Waals surface area (Å²) < 4.78 is 21.1. The fourth-order valence-electron chi connectivity index (χ4n) is 3.23. The average Bonchev–Trinajstić information content (AvgIpc) is 3.37. The molecular formula is C20H19FN4O3S. The first-order valence-corrected chi connectivity index (χ1v) is 10.1. The molecule has 3 heterocycles. The van der Waals surface area contributed by atoms with Crippen molar-refractivity contribution < 1.29 is 18.7 Å². The van der Waals surface area contributed by atoms with E-state index in [4.69, 9.17) is 4.74 Å². The third-order valence-corrected chi connectivity index (χ3v) is 5.66. The largest absolute Gasteiger partial charge is 0.457 e. The lowest BCUT2D eigenvalue weighted by Gasteiger charge is -2.31. The van der Waals surface area contributed by atoms with Crippen molar-refractivity contribution in [1.82, 2.24) is 19.7 Å². The molecule has 0 unspecified atom stereocenters. The number of rotatable bonds is 4. The second kappa shape index (κ2) is 8.12. The summed E-state index contributed by atoms with van der Waals surface area (Å²) in [4.78, 5) is 30.8. The number of aromatic nitrogens is 3. The molecule has 0 N–H and O–H groups in total. The molecule has 4 rings (SSSR count). The fourth-order valence-corrected chi connectivity index (χ4v) is 3.99. The van der Waals surface area contributed by atoms with Gasteiger partial charge in [0.15, 0.2) is 5.69 Å². The summed E-state index contributed by atoms with van der Waals surface area (Å²) in [5.41, 5.74) is 1.17. The highest BCUT2D eigenvalue weighted by Gasteiger charge is 2.28. The zero-order chi connectivity index (χ0) is 20.4. The third kappa shape index (κ3) is 4.19. The molecule has 0 saturated carbocycles. The van der Waals surface area contributed by atoms with Crippen LogP contribution in [-0.2, 0) is 11.8 Å². The molecule has 0 spiro atoms. The summed E-state index contributed by atoms with van der Waals surface area (Å²) in [5, 5.41) is 6.47. The number of benzene rings is 1. The summed E-state index contributed by atoms with van der Waals surface area (Å²) in [6.07, 6.45) is 4.24. The van der Waals surface area contributed by atoms with Crippen LogP contribution in [0.5, 0.6) is 0 Å². The second-order valence-corrected chi connectivity index (χ2v) is 7.68. The molecule has 0 bridgehead atoms. The van der Waals surface area contributed by atoms with E-state index in [9.17, 15) is 14.0 Å². The molecule has 150 valence electrons. The van der Waals surface area contributed by atoms with Gasteiger partial charge in [-0.3, -0.25) is 9.48 Å². The number of thiazole rings is 1. The van der Waals surface area contributed by atoms with Gasteiger partial charge >= 0.3 is 5.97 Å². The van der Waals surface area contributed by atoms with E-state index in [2.05, 4.69) is 10.1 Å². The maximum absolute atomic E-state index is 13.8. The molecule has 7 nitrogen and oxygen atoms in total. The SMILES string of the molecule is Cn1cc(-c2nc(C(=O)OC3CCN(C(=O)c4ccccc4F)CC3)cs2)cn1. The van der Waals surface area contributed by atoms with E-state index in [1.54, 1.807) is 33.3 Å². The number of halogens is 1. The van der Waals surface area contributed by atoms with Crippen LogP contribution in [0.4, 0.5) is 4.39 Å². The van der Waals surface area contributed by atoms with Gasteiger partial charge in [0.1, 0.15) is 16.9 Å². The van der Waals surface area contributed by atoms with Gasteiger partial charge in [-0.15, -0.1) is 11.3 Å². The fraction of sp³-hybridized carbons (Fsp3) is 0.300. The summed E-state index contributed by atoms with van der Waals surface area (Å²) in [6.45, 7) is 0.812. The van der Waals surface area contributed by atoms with Gasteiger partial charge < -0.3 is 9.64 Å². The van der Waals surface area contributed by atoms with Crippen LogP contribution in [0.15, 0.2) is 42.0 Å². The topological polar surface area (TPSA) is 77.3 Å². The number of ether oxygens (including phenoxy) is 1. The van der Waals surface area contributed by atoms with Gasteiger partial charge in [-0.25, -0.2) is 14.2 Å². The van der Waals surface area contributed by atoms with Crippen LogP contribution in [0.2, 0.25) is 0 Å². The number of likely N-dealkylation sites (tertiary alicyclic amines) is 1. The molecule has 1 aromatic carbocycles. The molecule has 2 aromatic heterocycles. The summed E-state index contributed by atoms with van der Waals surface area (Å²) in [5.74, 6) is -1.34.